The van der Waals surface area contributed by atoms with E-state index in [0.29, 0.717) is 19.4 Å². The second-order valence-corrected chi connectivity index (χ2v) is 9.52. The lowest BCUT2D eigenvalue weighted by Gasteiger charge is -2.30. The quantitative estimate of drug-likeness (QED) is 0.706. The molecule has 0 aliphatic carbocycles. The van der Waals surface area contributed by atoms with Crippen LogP contribution in [0.1, 0.15) is 19.8 Å². The molecule has 2 aliphatic heterocycles. The third-order valence-electron chi connectivity index (χ3n) is 4.64. The maximum atomic E-state index is 12.5. The van der Waals surface area contributed by atoms with Crippen LogP contribution in [-0.2, 0) is 24.3 Å². The number of urea groups is 1. The number of rotatable bonds is 5. The predicted octanol–water partition coefficient (Wildman–Crippen LogP) is 0.632. The number of thiophene rings is 1. The van der Waals surface area contributed by atoms with Crippen molar-refractivity contribution in [2.24, 2.45) is 5.92 Å². The van der Waals surface area contributed by atoms with Gasteiger partial charge in [-0.25, -0.2) is 13.2 Å². The Morgan fingerprint density at radius 2 is 2.00 bits per heavy atom. The minimum atomic E-state index is -3.53. The zero-order valence-corrected chi connectivity index (χ0v) is 16.4. The Morgan fingerprint density at radius 3 is 2.56 bits per heavy atom. The number of piperidine rings is 1. The van der Waals surface area contributed by atoms with Gasteiger partial charge in [0, 0.05) is 26.2 Å². The van der Waals surface area contributed by atoms with Gasteiger partial charge in [0.15, 0.2) is 6.10 Å². The van der Waals surface area contributed by atoms with Gasteiger partial charge in [-0.2, -0.15) is 4.31 Å². The molecule has 2 saturated heterocycles. The number of sulfonamides is 1. The Labute approximate surface area is 161 Å². The molecule has 27 heavy (non-hydrogen) atoms. The van der Waals surface area contributed by atoms with Gasteiger partial charge in [-0.3, -0.25) is 14.5 Å². The molecule has 0 bridgehead atoms. The molecule has 9 nitrogen and oxygen atoms in total. The van der Waals surface area contributed by atoms with Crippen LogP contribution in [0.4, 0.5) is 4.79 Å². The van der Waals surface area contributed by atoms with Crippen LogP contribution in [0.25, 0.3) is 0 Å². The molecule has 3 rings (SSSR count). The first-order valence-corrected chi connectivity index (χ1v) is 11.0. The first-order chi connectivity index (χ1) is 12.8. The number of hydrogen-bond acceptors (Lipinski definition) is 7. The number of hydrogen-bond donors (Lipinski definition) is 1. The molecular formula is C16H21N3O6S2. The van der Waals surface area contributed by atoms with Gasteiger partial charge in [0.25, 0.3) is 15.9 Å². The van der Waals surface area contributed by atoms with Crippen LogP contribution in [-0.4, -0.2) is 67.8 Å². The zero-order valence-electron chi connectivity index (χ0n) is 14.8. The highest BCUT2D eigenvalue weighted by molar-refractivity contribution is 7.91. The van der Waals surface area contributed by atoms with E-state index in [1.54, 1.807) is 17.5 Å². The second-order valence-electron chi connectivity index (χ2n) is 6.41. The normalized spacial score (nSPS) is 20.3. The van der Waals surface area contributed by atoms with E-state index < -0.39 is 40.0 Å². The second kappa shape index (κ2) is 7.95. The SMILES string of the molecule is CC(OC(=O)C1CCN(S(=O)(=O)c2cccs2)CC1)C(=O)N1CCNC1=O. The van der Waals surface area contributed by atoms with Gasteiger partial charge in [0.1, 0.15) is 4.21 Å². The molecule has 0 saturated carbocycles. The van der Waals surface area contributed by atoms with Crippen molar-refractivity contribution in [2.45, 2.75) is 30.1 Å². The van der Waals surface area contributed by atoms with Crippen LogP contribution in [0.5, 0.6) is 0 Å². The smallest absolute Gasteiger partial charge is 0.324 e. The van der Waals surface area contributed by atoms with Crippen molar-refractivity contribution in [3.63, 3.8) is 0 Å². The summed E-state index contributed by atoms with van der Waals surface area (Å²) in [6.07, 6.45) is -0.405. The van der Waals surface area contributed by atoms with E-state index in [4.69, 9.17) is 4.74 Å². The predicted molar refractivity (Wildman–Crippen MR) is 96.5 cm³/mol. The van der Waals surface area contributed by atoms with Crippen molar-refractivity contribution in [1.29, 1.82) is 0 Å². The fraction of sp³-hybridized carbons (Fsp3) is 0.562. The van der Waals surface area contributed by atoms with E-state index in [0.717, 1.165) is 16.2 Å². The highest BCUT2D eigenvalue weighted by Crippen LogP contribution is 2.27. The topological polar surface area (TPSA) is 113 Å². The van der Waals surface area contributed by atoms with Gasteiger partial charge in [0.05, 0.1) is 5.92 Å². The lowest BCUT2D eigenvalue weighted by molar-refractivity contribution is -0.162. The van der Waals surface area contributed by atoms with Crippen LogP contribution in [0, 0.1) is 5.92 Å². The molecule has 11 heteroatoms. The van der Waals surface area contributed by atoms with E-state index in [-0.39, 0.29) is 23.8 Å². The Morgan fingerprint density at radius 1 is 1.30 bits per heavy atom. The summed E-state index contributed by atoms with van der Waals surface area (Å²) in [6, 6.07) is 2.75. The van der Waals surface area contributed by atoms with Gasteiger partial charge in [-0.1, -0.05) is 6.07 Å². The molecule has 0 aromatic carbocycles. The van der Waals surface area contributed by atoms with Crippen molar-refractivity contribution in [1.82, 2.24) is 14.5 Å². The summed E-state index contributed by atoms with van der Waals surface area (Å²) in [4.78, 5) is 37.1. The van der Waals surface area contributed by atoms with Crippen molar-refractivity contribution >= 4 is 39.3 Å². The Balaban J connectivity index is 1.52. The summed E-state index contributed by atoms with van der Waals surface area (Å²) in [7, 11) is -3.53. The summed E-state index contributed by atoms with van der Waals surface area (Å²) in [5.41, 5.74) is 0. The van der Waals surface area contributed by atoms with Gasteiger partial charge in [-0.15, -0.1) is 11.3 Å². The molecule has 1 aromatic rings. The molecule has 0 radical (unpaired) electrons. The zero-order chi connectivity index (χ0) is 19.6. The van der Waals surface area contributed by atoms with Gasteiger partial charge >= 0.3 is 12.0 Å². The first-order valence-electron chi connectivity index (χ1n) is 8.64. The van der Waals surface area contributed by atoms with E-state index in [1.807, 2.05) is 0 Å². The van der Waals surface area contributed by atoms with Crippen LogP contribution in [0.2, 0.25) is 0 Å². The van der Waals surface area contributed by atoms with Crippen molar-refractivity contribution in [3.8, 4) is 0 Å². The summed E-state index contributed by atoms with van der Waals surface area (Å²) >= 11 is 1.16. The highest BCUT2D eigenvalue weighted by Gasteiger charge is 2.36. The molecule has 1 aromatic heterocycles. The molecule has 3 heterocycles. The molecule has 2 fully saturated rings. The van der Waals surface area contributed by atoms with E-state index in [2.05, 4.69) is 5.32 Å². The Bertz CT molecular complexity index is 815. The molecule has 0 spiro atoms. The Kier molecular flexibility index (Phi) is 5.82. The monoisotopic (exact) mass is 415 g/mol. The fourth-order valence-electron chi connectivity index (χ4n) is 3.09. The number of amides is 3. The van der Waals surface area contributed by atoms with Crippen LogP contribution in [0.15, 0.2) is 21.7 Å². The third-order valence-corrected chi connectivity index (χ3v) is 7.91. The van der Waals surface area contributed by atoms with Crippen LogP contribution in [0.3, 0.4) is 0 Å². The first kappa shape index (κ1) is 19.8. The molecular weight excluding hydrogens is 394 g/mol. The minimum absolute atomic E-state index is 0.219. The molecule has 2 aliphatic rings. The average molecular weight is 415 g/mol. The standard InChI is InChI=1S/C16H21N3O6S2/c1-11(14(20)19-9-6-17-16(19)22)25-15(21)12-4-7-18(8-5-12)27(23,24)13-3-2-10-26-13/h2-3,10-12H,4-9H2,1H3,(H,17,22). The summed E-state index contributed by atoms with van der Waals surface area (Å²) < 4.78 is 31.9. The lowest BCUT2D eigenvalue weighted by atomic mass is 9.98. The molecule has 1 atom stereocenters. The third kappa shape index (κ3) is 4.14. The number of nitrogens with one attached hydrogen (secondary N) is 1. The van der Waals surface area contributed by atoms with Crippen LogP contribution < -0.4 is 5.32 Å². The van der Waals surface area contributed by atoms with E-state index in [9.17, 15) is 22.8 Å². The van der Waals surface area contributed by atoms with E-state index in [1.165, 1.54) is 11.2 Å². The number of carbonyl (C=O) groups excluding carboxylic acids is 3. The van der Waals surface area contributed by atoms with Gasteiger partial charge in [0.2, 0.25) is 0 Å². The van der Waals surface area contributed by atoms with Crippen molar-refractivity contribution < 1.29 is 27.5 Å². The molecule has 1 N–H and O–H groups in total. The number of imide groups is 1. The van der Waals surface area contributed by atoms with Gasteiger partial charge in [-0.05, 0) is 31.2 Å². The minimum Gasteiger partial charge on any atom is -0.452 e. The molecule has 1 unspecified atom stereocenters. The van der Waals surface area contributed by atoms with E-state index >= 15 is 0 Å². The number of nitrogens with zero attached hydrogens (tertiary/aromatic N) is 2. The van der Waals surface area contributed by atoms with Gasteiger partial charge < -0.3 is 10.1 Å². The number of carbonyl (C=O) groups is 3. The summed E-state index contributed by atoms with van der Waals surface area (Å²) in [5.74, 6) is -1.57. The Hall–Kier alpha value is -1.98. The maximum Gasteiger partial charge on any atom is 0.324 e. The van der Waals surface area contributed by atoms with Crippen molar-refractivity contribution in [3.05, 3.63) is 17.5 Å². The fourth-order valence-corrected chi connectivity index (χ4v) is 5.71. The maximum absolute atomic E-state index is 12.5. The summed E-state index contributed by atoms with van der Waals surface area (Å²) in [6.45, 7) is 2.50. The summed E-state index contributed by atoms with van der Waals surface area (Å²) in [5, 5.41) is 4.22. The van der Waals surface area contributed by atoms with Crippen LogP contribution >= 0.6 is 11.3 Å². The average Bonchev–Trinajstić information content (AvgIpc) is 3.33. The van der Waals surface area contributed by atoms with Crippen molar-refractivity contribution in [2.75, 3.05) is 26.2 Å². The lowest BCUT2D eigenvalue weighted by Crippen LogP contribution is -2.44. The molecule has 148 valence electrons. The highest BCUT2D eigenvalue weighted by atomic mass is 32.2. The number of esters is 1. The molecule has 3 amide bonds. The number of ether oxygens (including phenoxy) is 1. The largest absolute Gasteiger partial charge is 0.452 e.